The zero-order valence-electron chi connectivity index (χ0n) is 19.1. The number of hydrogen-bond donors (Lipinski definition) is 4. The molecule has 0 amide bonds. The molecular formula is C22H29BrN8O2. The number of benzene rings is 1. The number of nitrogens with zero attached hydrogens (tertiary/aromatic N) is 5. The summed E-state index contributed by atoms with van der Waals surface area (Å²) in [6, 6.07) is 9.18. The van der Waals surface area contributed by atoms with Gasteiger partial charge in [-0.1, -0.05) is 0 Å². The molecular weight excluding hydrogens is 488 g/mol. The topological polar surface area (TPSA) is 120 Å². The van der Waals surface area contributed by atoms with Crippen molar-refractivity contribution in [2.24, 2.45) is 0 Å². The quantitative estimate of drug-likeness (QED) is 0.300. The first kappa shape index (κ1) is 24.6. The van der Waals surface area contributed by atoms with Crippen LogP contribution in [-0.2, 0) is 0 Å². The number of ether oxygens (including phenoxy) is 1. The summed E-state index contributed by atoms with van der Waals surface area (Å²) >= 11 is 3.43. The summed E-state index contributed by atoms with van der Waals surface area (Å²) in [4.78, 5) is 19.4. The molecule has 4 N–H and O–H groups in total. The van der Waals surface area contributed by atoms with Crippen LogP contribution >= 0.6 is 15.9 Å². The van der Waals surface area contributed by atoms with Crippen LogP contribution in [0.5, 0.6) is 5.88 Å². The predicted octanol–water partition coefficient (Wildman–Crippen LogP) is 3.64. The third-order valence-corrected chi connectivity index (χ3v) is 5.23. The second-order valence-corrected chi connectivity index (χ2v) is 8.62. The van der Waals surface area contributed by atoms with E-state index in [0.717, 1.165) is 17.9 Å². The Kier molecular flexibility index (Phi) is 8.75. The Morgan fingerprint density at radius 1 is 1.00 bits per heavy atom. The number of aliphatic hydroxyl groups is 1. The molecule has 0 spiro atoms. The Bertz CT molecular complexity index is 1030. The third-order valence-electron chi connectivity index (χ3n) is 4.65. The van der Waals surface area contributed by atoms with Gasteiger partial charge in [-0.05, 0) is 68.1 Å². The summed E-state index contributed by atoms with van der Waals surface area (Å²) in [7, 11) is 3.98. The van der Waals surface area contributed by atoms with E-state index < -0.39 is 6.10 Å². The maximum absolute atomic E-state index is 9.72. The molecule has 0 radical (unpaired) electrons. The molecule has 10 nitrogen and oxygen atoms in total. The highest BCUT2D eigenvalue weighted by Gasteiger charge is 2.12. The van der Waals surface area contributed by atoms with Crippen molar-refractivity contribution in [3.63, 3.8) is 0 Å². The van der Waals surface area contributed by atoms with E-state index in [2.05, 4.69) is 51.8 Å². The molecule has 0 fully saturated rings. The Hall–Kier alpha value is -3.02. The molecule has 176 valence electrons. The molecule has 2 aromatic heterocycles. The van der Waals surface area contributed by atoms with Crippen LogP contribution in [0.3, 0.4) is 0 Å². The molecule has 0 aliphatic carbocycles. The second kappa shape index (κ2) is 11.7. The number of nitrogens with one attached hydrogen (secondary N) is 3. The highest BCUT2D eigenvalue weighted by molar-refractivity contribution is 9.10. The summed E-state index contributed by atoms with van der Waals surface area (Å²) in [6.07, 6.45) is 2.80. The highest BCUT2D eigenvalue weighted by Crippen LogP contribution is 2.24. The molecule has 0 aliphatic heterocycles. The number of hydrogen-bond acceptors (Lipinski definition) is 10. The fourth-order valence-electron chi connectivity index (χ4n) is 2.58. The van der Waals surface area contributed by atoms with Crippen LogP contribution in [0.25, 0.3) is 0 Å². The fraction of sp³-hybridized carbons (Fsp3) is 0.364. The van der Waals surface area contributed by atoms with Gasteiger partial charge in [0.15, 0.2) is 0 Å². The molecule has 0 saturated carbocycles. The Morgan fingerprint density at radius 3 is 2.24 bits per heavy atom. The van der Waals surface area contributed by atoms with E-state index in [-0.39, 0.29) is 6.04 Å². The summed E-state index contributed by atoms with van der Waals surface area (Å²) < 4.78 is 6.37. The average molecular weight is 517 g/mol. The number of aromatic nitrogens is 4. The van der Waals surface area contributed by atoms with Gasteiger partial charge < -0.3 is 30.7 Å². The first-order chi connectivity index (χ1) is 15.8. The predicted molar refractivity (Wildman–Crippen MR) is 134 cm³/mol. The Balaban J connectivity index is 1.61. The van der Waals surface area contributed by atoms with Gasteiger partial charge in [-0.15, -0.1) is 0 Å². The fourth-order valence-corrected chi connectivity index (χ4v) is 2.88. The first-order valence-corrected chi connectivity index (χ1v) is 11.3. The zero-order chi connectivity index (χ0) is 23.8. The first-order valence-electron chi connectivity index (χ1n) is 10.5. The van der Waals surface area contributed by atoms with Crippen molar-refractivity contribution in [2.45, 2.75) is 26.0 Å². The van der Waals surface area contributed by atoms with E-state index in [1.165, 1.54) is 0 Å². The number of halogens is 1. The molecule has 2 heterocycles. The molecule has 3 rings (SSSR count). The van der Waals surface area contributed by atoms with Crippen molar-refractivity contribution in [1.82, 2.24) is 24.8 Å². The second-order valence-electron chi connectivity index (χ2n) is 7.76. The van der Waals surface area contributed by atoms with E-state index in [9.17, 15) is 5.11 Å². The van der Waals surface area contributed by atoms with Crippen LogP contribution in [0.4, 0.5) is 29.1 Å². The minimum atomic E-state index is -0.516. The van der Waals surface area contributed by atoms with Gasteiger partial charge in [-0.2, -0.15) is 9.97 Å². The van der Waals surface area contributed by atoms with Gasteiger partial charge in [0.25, 0.3) is 0 Å². The molecule has 11 heteroatoms. The van der Waals surface area contributed by atoms with Crippen molar-refractivity contribution in [3.8, 4) is 5.88 Å². The lowest BCUT2D eigenvalue weighted by Crippen LogP contribution is -2.28. The number of aliphatic hydroxyl groups excluding tert-OH is 1. The normalized spacial score (nSPS) is 12.8. The van der Waals surface area contributed by atoms with Crippen molar-refractivity contribution in [1.29, 1.82) is 0 Å². The average Bonchev–Trinajstić information content (AvgIpc) is 2.77. The monoisotopic (exact) mass is 516 g/mol. The van der Waals surface area contributed by atoms with Crippen molar-refractivity contribution >= 4 is 45.0 Å². The van der Waals surface area contributed by atoms with Gasteiger partial charge in [0.2, 0.25) is 17.8 Å². The van der Waals surface area contributed by atoms with E-state index >= 15 is 0 Å². The maximum atomic E-state index is 9.72. The maximum Gasteiger partial charge on any atom is 0.230 e. The van der Waals surface area contributed by atoms with Crippen molar-refractivity contribution in [3.05, 3.63) is 47.2 Å². The minimum Gasteiger partial charge on any atom is -0.476 e. The van der Waals surface area contributed by atoms with Crippen LogP contribution < -0.4 is 20.7 Å². The molecule has 0 aliphatic rings. The zero-order valence-corrected chi connectivity index (χ0v) is 20.7. The van der Waals surface area contributed by atoms with Gasteiger partial charge in [-0.25, -0.2) is 9.97 Å². The molecule has 33 heavy (non-hydrogen) atoms. The van der Waals surface area contributed by atoms with Gasteiger partial charge in [0.1, 0.15) is 12.4 Å². The van der Waals surface area contributed by atoms with E-state index in [1.807, 2.05) is 50.2 Å². The Labute approximate surface area is 202 Å². The van der Waals surface area contributed by atoms with Crippen LogP contribution in [0, 0.1) is 0 Å². The van der Waals surface area contributed by atoms with Gasteiger partial charge in [-0.3, -0.25) is 0 Å². The van der Waals surface area contributed by atoms with Crippen LogP contribution in [0.2, 0.25) is 0 Å². The van der Waals surface area contributed by atoms with Crippen LogP contribution in [0.1, 0.15) is 13.8 Å². The standard InChI is InChI=1S/C22H29BrN8O2/c1-14(15(2)32)26-20-18(23)13-25-22(30-20)28-17-7-5-16(6-8-17)27-21-24-10-9-19(29-21)33-12-11-31(3)4/h5-10,13-15,32H,11-12H2,1-4H3,(H,24,27,29)(H2,25,26,28,30)/t14?,15-/m1/s1. The largest absolute Gasteiger partial charge is 0.476 e. The number of anilines is 5. The molecule has 0 bridgehead atoms. The molecule has 3 aromatic rings. The van der Waals surface area contributed by atoms with Crippen LogP contribution in [-0.4, -0.2) is 69.3 Å². The molecule has 1 aromatic carbocycles. The molecule has 1 unspecified atom stereocenters. The van der Waals surface area contributed by atoms with Crippen LogP contribution in [0.15, 0.2) is 47.2 Å². The molecule has 2 atom stereocenters. The van der Waals surface area contributed by atoms with Crippen molar-refractivity contribution in [2.75, 3.05) is 43.2 Å². The Morgan fingerprint density at radius 2 is 1.64 bits per heavy atom. The van der Waals surface area contributed by atoms with Gasteiger partial charge >= 0.3 is 0 Å². The SMILES string of the molecule is CC(Nc1nc(Nc2ccc(Nc3nccc(OCCN(C)C)n3)cc2)ncc1Br)[C@@H](C)O. The smallest absolute Gasteiger partial charge is 0.230 e. The lowest BCUT2D eigenvalue weighted by molar-refractivity contribution is 0.177. The van der Waals surface area contributed by atoms with E-state index in [4.69, 9.17) is 4.74 Å². The lowest BCUT2D eigenvalue weighted by atomic mass is 10.2. The van der Waals surface area contributed by atoms with E-state index in [1.54, 1.807) is 25.4 Å². The van der Waals surface area contributed by atoms with Crippen molar-refractivity contribution < 1.29 is 9.84 Å². The number of rotatable bonds is 11. The summed E-state index contributed by atoms with van der Waals surface area (Å²) in [6.45, 7) is 4.96. The molecule has 0 saturated heterocycles. The number of likely N-dealkylation sites (N-methyl/N-ethyl adjacent to an activating group) is 1. The third kappa shape index (κ3) is 7.81. The minimum absolute atomic E-state index is 0.159. The van der Waals surface area contributed by atoms with E-state index in [0.29, 0.717) is 34.7 Å². The van der Waals surface area contributed by atoms with Gasteiger partial charge in [0.05, 0.1) is 16.6 Å². The summed E-state index contributed by atoms with van der Waals surface area (Å²) in [5.74, 6) is 2.01. The summed E-state index contributed by atoms with van der Waals surface area (Å²) in [5.41, 5.74) is 1.65. The lowest BCUT2D eigenvalue weighted by Gasteiger charge is -2.18. The highest BCUT2D eigenvalue weighted by atomic mass is 79.9. The summed E-state index contributed by atoms with van der Waals surface area (Å²) in [5, 5.41) is 19.2. The van der Waals surface area contributed by atoms with Gasteiger partial charge in [0, 0.05) is 36.4 Å².